The van der Waals surface area contributed by atoms with Crippen LogP contribution in [0.3, 0.4) is 0 Å². The molecule has 0 bridgehead atoms. The molecule has 0 fully saturated rings. The van der Waals surface area contributed by atoms with Crippen molar-refractivity contribution in [3.05, 3.63) is 64.7 Å². The maximum atomic E-state index is 12.7. The molecule has 2 nitrogen and oxygen atoms in total. The number of amides is 1. The van der Waals surface area contributed by atoms with Crippen molar-refractivity contribution in [1.82, 2.24) is 0 Å². The Morgan fingerprint density at radius 2 is 1.58 bits per heavy atom. The van der Waals surface area contributed by atoms with E-state index < -0.39 is 11.7 Å². The van der Waals surface area contributed by atoms with Gasteiger partial charge in [0.25, 0.3) is 0 Å². The molecule has 24 heavy (non-hydrogen) atoms. The van der Waals surface area contributed by atoms with E-state index in [1.165, 1.54) is 12.1 Å². The Kier molecular flexibility index (Phi) is 5.65. The molecule has 0 aromatic heterocycles. The van der Waals surface area contributed by atoms with Gasteiger partial charge in [-0.1, -0.05) is 50.2 Å². The van der Waals surface area contributed by atoms with Gasteiger partial charge in [-0.2, -0.15) is 13.2 Å². The van der Waals surface area contributed by atoms with Gasteiger partial charge >= 0.3 is 6.18 Å². The molecule has 2 aromatic rings. The summed E-state index contributed by atoms with van der Waals surface area (Å²) in [4.78, 5) is 12.3. The van der Waals surface area contributed by atoms with Gasteiger partial charge in [0.2, 0.25) is 5.91 Å². The number of alkyl halides is 3. The number of halogens is 3. The minimum atomic E-state index is -4.41. The summed E-state index contributed by atoms with van der Waals surface area (Å²) >= 11 is 0. The number of aryl methyl sites for hydroxylation is 2. The minimum absolute atomic E-state index is 0.0921. The van der Waals surface area contributed by atoms with Crippen LogP contribution in [-0.2, 0) is 30.2 Å². The highest BCUT2D eigenvalue weighted by atomic mass is 19.4. The van der Waals surface area contributed by atoms with Crippen LogP contribution in [-0.4, -0.2) is 5.91 Å². The number of anilines is 1. The van der Waals surface area contributed by atoms with Crippen molar-refractivity contribution in [2.24, 2.45) is 0 Å². The van der Waals surface area contributed by atoms with Crippen molar-refractivity contribution < 1.29 is 18.0 Å². The first-order valence-corrected chi connectivity index (χ1v) is 7.91. The molecule has 0 radical (unpaired) electrons. The Balaban J connectivity index is 2.18. The van der Waals surface area contributed by atoms with Crippen LogP contribution in [0.5, 0.6) is 0 Å². The lowest BCUT2D eigenvalue weighted by Gasteiger charge is -2.15. The molecule has 0 aliphatic carbocycles. The van der Waals surface area contributed by atoms with Gasteiger partial charge in [-0.15, -0.1) is 0 Å². The van der Waals surface area contributed by atoms with Crippen LogP contribution < -0.4 is 5.32 Å². The molecule has 0 atom stereocenters. The van der Waals surface area contributed by atoms with Gasteiger partial charge in [-0.25, -0.2) is 0 Å². The van der Waals surface area contributed by atoms with Crippen molar-refractivity contribution in [1.29, 1.82) is 0 Å². The molecule has 0 aliphatic heterocycles. The van der Waals surface area contributed by atoms with Crippen LogP contribution in [0.1, 0.15) is 36.1 Å². The third-order valence-corrected chi connectivity index (χ3v) is 3.88. The van der Waals surface area contributed by atoms with Gasteiger partial charge < -0.3 is 5.32 Å². The number of benzene rings is 2. The second-order valence-corrected chi connectivity index (χ2v) is 5.58. The third kappa shape index (κ3) is 4.37. The van der Waals surface area contributed by atoms with Gasteiger partial charge in [0, 0.05) is 5.69 Å². The Hall–Kier alpha value is -2.30. The average Bonchev–Trinajstić information content (AvgIpc) is 2.54. The first-order valence-electron chi connectivity index (χ1n) is 7.91. The summed E-state index contributed by atoms with van der Waals surface area (Å²) in [6.45, 7) is 3.99. The lowest BCUT2D eigenvalue weighted by atomic mass is 10.0. The van der Waals surface area contributed by atoms with E-state index in [9.17, 15) is 18.0 Å². The zero-order valence-corrected chi connectivity index (χ0v) is 13.7. The SMILES string of the molecule is CCc1cccc(CC)c1NC(=O)Cc1cccc(C(F)(F)F)c1. The number of carbonyl (C=O) groups excluding carboxylic acids is 1. The largest absolute Gasteiger partial charge is 0.416 e. The Morgan fingerprint density at radius 1 is 1.00 bits per heavy atom. The summed E-state index contributed by atoms with van der Waals surface area (Å²) in [6.07, 6.45) is -2.96. The van der Waals surface area contributed by atoms with E-state index in [2.05, 4.69) is 5.32 Å². The highest BCUT2D eigenvalue weighted by molar-refractivity contribution is 5.93. The smallest absolute Gasteiger partial charge is 0.325 e. The number of para-hydroxylation sites is 1. The zero-order valence-electron chi connectivity index (χ0n) is 13.7. The van der Waals surface area contributed by atoms with E-state index in [0.717, 1.165) is 41.8 Å². The predicted octanol–water partition coefficient (Wildman–Crippen LogP) is 5.01. The molecule has 0 saturated heterocycles. The van der Waals surface area contributed by atoms with Gasteiger partial charge in [0.15, 0.2) is 0 Å². The third-order valence-electron chi connectivity index (χ3n) is 3.88. The van der Waals surface area contributed by atoms with Crippen molar-refractivity contribution >= 4 is 11.6 Å². The predicted molar refractivity (Wildman–Crippen MR) is 89.0 cm³/mol. The van der Waals surface area contributed by atoms with Crippen LogP contribution in [0.2, 0.25) is 0 Å². The number of hydrogen-bond acceptors (Lipinski definition) is 1. The molecule has 2 rings (SSSR count). The van der Waals surface area contributed by atoms with Gasteiger partial charge in [-0.05, 0) is 35.6 Å². The normalized spacial score (nSPS) is 11.4. The van der Waals surface area contributed by atoms with E-state index in [-0.39, 0.29) is 12.3 Å². The molecular formula is C19H20F3NO. The van der Waals surface area contributed by atoms with Gasteiger partial charge in [0.1, 0.15) is 0 Å². The minimum Gasteiger partial charge on any atom is -0.325 e. The van der Waals surface area contributed by atoms with Crippen LogP contribution in [0, 0.1) is 0 Å². The molecule has 1 amide bonds. The molecule has 0 saturated carbocycles. The van der Waals surface area contributed by atoms with Gasteiger partial charge in [-0.3, -0.25) is 4.79 Å². The first-order chi connectivity index (χ1) is 11.3. The van der Waals surface area contributed by atoms with Gasteiger partial charge in [0.05, 0.1) is 12.0 Å². The zero-order chi connectivity index (χ0) is 17.7. The fraction of sp³-hybridized carbons (Fsp3) is 0.316. The summed E-state index contributed by atoms with van der Waals surface area (Å²) in [7, 11) is 0. The lowest BCUT2D eigenvalue weighted by Crippen LogP contribution is -2.17. The standard InChI is InChI=1S/C19H20F3NO/c1-3-14-8-6-9-15(4-2)18(14)23-17(24)12-13-7-5-10-16(11-13)19(20,21)22/h5-11H,3-4,12H2,1-2H3,(H,23,24). The average molecular weight is 335 g/mol. The molecule has 0 heterocycles. The fourth-order valence-electron chi connectivity index (χ4n) is 2.63. The summed E-state index contributed by atoms with van der Waals surface area (Å²) < 4.78 is 38.2. The molecule has 128 valence electrons. The van der Waals surface area contributed by atoms with E-state index in [4.69, 9.17) is 0 Å². The van der Waals surface area contributed by atoms with Crippen LogP contribution >= 0.6 is 0 Å². The van der Waals surface area contributed by atoms with Crippen molar-refractivity contribution in [3.8, 4) is 0 Å². The quantitative estimate of drug-likeness (QED) is 0.817. The monoisotopic (exact) mass is 335 g/mol. The first kappa shape index (κ1) is 18.0. The molecule has 2 aromatic carbocycles. The van der Waals surface area contributed by atoms with E-state index >= 15 is 0 Å². The Bertz CT molecular complexity index is 701. The maximum Gasteiger partial charge on any atom is 0.416 e. The van der Waals surface area contributed by atoms with Crippen LogP contribution in [0.4, 0.5) is 18.9 Å². The van der Waals surface area contributed by atoms with Crippen LogP contribution in [0.15, 0.2) is 42.5 Å². The summed E-state index contributed by atoms with van der Waals surface area (Å²) in [5.41, 5.74) is 2.42. The van der Waals surface area contributed by atoms with Crippen molar-refractivity contribution in [3.63, 3.8) is 0 Å². The Morgan fingerprint density at radius 3 is 2.12 bits per heavy atom. The molecular weight excluding hydrogens is 315 g/mol. The molecule has 0 spiro atoms. The number of rotatable bonds is 5. The second-order valence-electron chi connectivity index (χ2n) is 5.58. The number of carbonyl (C=O) groups is 1. The topological polar surface area (TPSA) is 29.1 Å². The molecule has 0 unspecified atom stereocenters. The number of hydrogen-bond donors (Lipinski definition) is 1. The second kappa shape index (κ2) is 7.51. The molecule has 0 aliphatic rings. The summed E-state index contributed by atoms with van der Waals surface area (Å²) in [6, 6.07) is 10.7. The van der Waals surface area contributed by atoms with E-state index in [1.54, 1.807) is 0 Å². The highest BCUT2D eigenvalue weighted by Crippen LogP contribution is 2.29. The number of nitrogens with one attached hydrogen (secondary N) is 1. The molecule has 5 heteroatoms. The van der Waals surface area contributed by atoms with E-state index in [0.29, 0.717) is 5.56 Å². The lowest BCUT2D eigenvalue weighted by molar-refractivity contribution is -0.137. The molecule has 1 N–H and O–H groups in total. The van der Waals surface area contributed by atoms with E-state index in [1.807, 2.05) is 32.0 Å². The van der Waals surface area contributed by atoms with Crippen LogP contribution in [0.25, 0.3) is 0 Å². The summed E-state index contributed by atoms with van der Waals surface area (Å²) in [5, 5.41) is 2.87. The summed E-state index contributed by atoms with van der Waals surface area (Å²) in [5.74, 6) is -0.315. The van der Waals surface area contributed by atoms with Crippen molar-refractivity contribution in [2.75, 3.05) is 5.32 Å². The fourth-order valence-corrected chi connectivity index (χ4v) is 2.63. The van der Waals surface area contributed by atoms with Crippen molar-refractivity contribution in [2.45, 2.75) is 39.3 Å². The maximum absolute atomic E-state index is 12.7. The Labute approximate surface area is 139 Å². The highest BCUT2D eigenvalue weighted by Gasteiger charge is 2.30.